The minimum absolute atomic E-state index is 0.0447. The number of hydrogen-bond acceptors (Lipinski definition) is 3. The number of likely N-dealkylation sites (tertiary alicyclic amines) is 1. The first-order valence-corrected chi connectivity index (χ1v) is 6.95. The van der Waals surface area contributed by atoms with E-state index in [4.69, 9.17) is 11.5 Å². The van der Waals surface area contributed by atoms with Crippen LogP contribution in [-0.2, 0) is 16.0 Å². The zero-order valence-corrected chi connectivity index (χ0v) is 11.5. The highest BCUT2D eigenvalue weighted by Gasteiger charge is 2.28. The van der Waals surface area contributed by atoms with Crippen molar-refractivity contribution in [3.63, 3.8) is 0 Å². The first-order chi connectivity index (χ1) is 9.58. The first-order valence-electron chi connectivity index (χ1n) is 6.95. The molecule has 1 aromatic rings. The summed E-state index contributed by atoms with van der Waals surface area (Å²) in [7, 11) is 0. The lowest BCUT2D eigenvalue weighted by Crippen LogP contribution is -2.49. The van der Waals surface area contributed by atoms with Gasteiger partial charge >= 0.3 is 0 Å². The minimum atomic E-state index is -0.525. The molecule has 1 saturated heterocycles. The summed E-state index contributed by atoms with van der Waals surface area (Å²) in [5.41, 5.74) is 12.3. The summed E-state index contributed by atoms with van der Waals surface area (Å²) in [6.07, 6.45) is 1.81. The lowest BCUT2D eigenvalue weighted by Gasteiger charge is -2.32. The lowest BCUT2D eigenvalue weighted by molar-refractivity contribution is -0.136. The van der Waals surface area contributed by atoms with Gasteiger partial charge in [0.2, 0.25) is 11.8 Å². The second-order valence-corrected chi connectivity index (χ2v) is 5.30. The molecule has 0 bridgehead atoms. The maximum absolute atomic E-state index is 12.3. The molecule has 1 aromatic carbocycles. The summed E-state index contributed by atoms with van der Waals surface area (Å²) in [6, 6.07) is 9.21. The summed E-state index contributed by atoms with van der Waals surface area (Å²) in [6.45, 7) is 1.13. The summed E-state index contributed by atoms with van der Waals surface area (Å²) in [4.78, 5) is 25.1. The van der Waals surface area contributed by atoms with Crippen LogP contribution in [0, 0.1) is 5.92 Å². The number of nitrogens with zero attached hydrogens (tertiary/aromatic N) is 1. The third kappa shape index (κ3) is 3.57. The Morgan fingerprint density at radius 3 is 2.35 bits per heavy atom. The van der Waals surface area contributed by atoms with Gasteiger partial charge in [0.15, 0.2) is 0 Å². The molecule has 1 aliphatic heterocycles. The van der Waals surface area contributed by atoms with Gasteiger partial charge in [-0.2, -0.15) is 0 Å². The highest BCUT2D eigenvalue weighted by Crippen LogP contribution is 2.17. The highest BCUT2D eigenvalue weighted by molar-refractivity contribution is 5.82. The second-order valence-electron chi connectivity index (χ2n) is 5.30. The molecule has 0 unspecified atom stereocenters. The maximum Gasteiger partial charge on any atom is 0.239 e. The van der Waals surface area contributed by atoms with E-state index in [0.717, 1.165) is 5.56 Å². The number of nitrogens with two attached hydrogens (primary N) is 2. The first kappa shape index (κ1) is 14.5. The monoisotopic (exact) mass is 275 g/mol. The Morgan fingerprint density at radius 1 is 1.20 bits per heavy atom. The van der Waals surface area contributed by atoms with Crippen LogP contribution in [0.4, 0.5) is 0 Å². The molecule has 1 heterocycles. The van der Waals surface area contributed by atoms with E-state index in [1.54, 1.807) is 4.90 Å². The Hall–Kier alpha value is -1.88. The Balaban J connectivity index is 1.87. The molecule has 1 atom stereocenters. The molecule has 0 aliphatic carbocycles. The fraction of sp³-hybridized carbons (Fsp3) is 0.467. The van der Waals surface area contributed by atoms with E-state index < -0.39 is 6.04 Å². The molecule has 1 aliphatic rings. The van der Waals surface area contributed by atoms with Crippen LogP contribution in [0.1, 0.15) is 18.4 Å². The predicted octanol–water partition coefficient (Wildman–Crippen LogP) is 0.280. The Morgan fingerprint density at radius 2 is 1.80 bits per heavy atom. The average Bonchev–Trinajstić information content (AvgIpc) is 2.47. The van der Waals surface area contributed by atoms with Gasteiger partial charge in [0.05, 0.1) is 6.04 Å². The number of carbonyl (C=O) groups is 2. The number of carbonyl (C=O) groups excluding carboxylic acids is 2. The van der Waals surface area contributed by atoms with Crippen LogP contribution in [0.5, 0.6) is 0 Å². The van der Waals surface area contributed by atoms with Crippen LogP contribution >= 0.6 is 0 Å². The number of primary amides is 1. The molecule has 20 heavy (non-hydrogen) atoms. The van der Waals surface area contributed by atoms with Gasteiger partial charge in [0, 0.05) is 19.0 Å². The van der Waals surface area contributed by atoms with Crippen molar-refractivity contribution in [2.24, 2.45) is 17.4 Å². The van der Waals surface area contributed by atoms with Gasteiger partial charge in [-0.25, -0.2) is 0 Å². The van der Waals surface area contributed by atoms with E-state index >= 15 is 0 Å². The van der Waals surface area contributed by atoms with Crippen molar-refractivity contribution in [1.82, 2.24) is 4.90 Å². The molecule has 0 aromatic heterocycles. The largest absolute Gasteiger partial charge is 0.369 e. The molecule has 108 valence electrons. The van der Waals surface area contributed by atoms with Gasteiger partial charge in [0.25, 0.3) is 0 Å². The molecule has 4 N–H and O–H groups in total. The number of amides is 2. The number of piperidine rings is 1. The molecular weight excluding hydrogens is 254 g/mol. The molecule has 5 nitrogen and oxygen atoms in total. The SMILES string of the molecule is NC(=O)C1CCN(C(=O)[C@H](N)Cc2ccccc2)CC1. The fourth-order valence-electron chi connectivity index (χ4n) is 2.57. The van der Waals surface area contributed by atoms with Crippen LogP contribution in [0.25, 0.3) is 0 Å². The highest BCUT2D eigenvalue weighted by atomic mass is 16.2. The molecule has 1 fully saturated rings. The van der Waals surface area contributed by atoms with Crippen LogP contribution in [0.2, 0.25) is 0 Å². The van der Waals surface area contributed by atoms with Crippen molar-refractivity contribution >= 4 is 11.8 Å². The molecule has 0 saturated carbocycles. The van der Waals surface area contributed by atoms with Crippen molar-refractivity contribution in [2.45, 2.75) is 25.3 Å². The number of hydrogen-bond donors (Lipinski definition) is 2. The van der Waals surface area contributed by atoms with E-state index in [0.29, 0.717) is 32.4 Å². The third-order valence-electron chi connectivity index (χ3n) is 3.82. The maximum atomic E-state index is 12.3. The quantitative estimate of drug-likeness (QED) is 0.827. The summed E-state index contributed by atoms with van der Waals surface area (Å²) < 4.78 is 0. The van der Waals surface area contributed by atoms with E-state index in [1.165, 1.54) is 0 Å². The molecule has 2 rings (SSSR count). The van der Waals surface area contributed by atoms with Gasteiger partial charge < -0.3 is 16.4 Å². The third-order valence-corrected chi connectivity index (χ3v) is 3.82. The van der Waals surface area contributed by atoms with Gasteiger partial charge in [-0.3, -0.25) is 9.59 Å². The van der Waals surface area contributed by atoms with Crippen molar-refractivity contribution in [3.05, 3.63) is 35.9 Å². The fourth-order valence-corrected chi connectivity index (χ4v) is 2.57. The van der Waals surface area contributed by atoms with Crippen LogP contribution in [-0.4, -0.2) is 35.8 Å². The Bertz CT molecular complexity index is 467. The topological polar surface area (TPSA) is 89.4 Å². The summed E-state index contributed by atoms with van der Waals surface area (Å²) >= 11 is 0. The smallest absolute Gasteiger partial charge is 0.239 e. The van der Waals surface area contributed by atoms with E-state index in [2.05, 4.69) is 0 Å². The van der Waals surface area contributed by atoms with Gasteiger partial charge in [0.1, 0.15) is 0 Å². The van der Waals surface area contributed by atoms with Gasteiger partial charge in [-0.1, -0.05) is 30.3 Å². The van der Waals surface area contributed by atoms with Gasteiger partial charge in [-0.05, 0) is 24.8 Å². The van der Waals surface area contributed by atoms with Crippen LogP contribution < -0.4 is 11.5 Å². The van der Waals surface area contributed by atoms with E-state index in [-0.39, 0.29) is 17.7 Å². The minimum Gasteiger partial charge on any atom is -0.369 e. The van der Waals surface area contributed by atoms with Crippen LogP contribution in [0.3, 0.4) is 0 Å². The molecule has 0 spiro atoms. The van der Waals surface area contributed by atoms with E-state index in [1.807, 2.05) is 30.3 Å². The Kier molecular flexibility index (Phi) is 4.74. The number of benzene rings is 1. The summed E-state index contributed by atoms with van der Waals surface area (Å²) in [5.74, 6) is -0.424. The number of rotatable bonds is 4. The zero-order valence-electron chi connectivity index (χ0n) is 11.5. The molecule has 5 heteroatoms. The van der Waals surface area contributed by atoms with Crippen LogP contribution in [0.15, 0.2) is 30.3 Å². The molecular formula is C15H21N3O2. The standard InChI is InChI=1S/C15H21N3O2/c16-13(10-11-4-2-1-3-5-11)15(20)18-8-6-12(7-9-18)14(17)19/h1-5,12-13H,6-10,16H2,(H2,17,19)/t13-/m1/s1. The zero-order chi connectivity index (χ0) is 14.5. The van der Waals surface area contributed by atoms with Gasteiger partial charge in [-0.15, -0.1) is 0 Å². The van der Waals surface area contributed by atoms with Crippen molar-refractivity contribution in [3.8, 4) is 0 Å². The average molecular weight is 275 g/mol. The molecule has 2 amide bonds. The van der Waals surface area contributed by atoms with E-state index in [9.17, 15) is 9.59 Å². The van der Waals surface area contributed by atoms with Crippen molar-refractivity contribution in [1.29, 1.82) is 0 Å². The second kappa shape index (κ2) is 6.52. The summed E-state index contributed by atoms with van der Waals surface area (Å²) in [5, 5.41) is 0. The lowest BCUT2D eigenvalue weighted by atomic mass is 9.95. The normalized spacial score (nSPS) is 17.8. The van der Waals surface area contributed by atoms with Crippen molar-refractivity contribution in [2.75, 3.05) is 13.1 Å². The Labute approximate surface area is 118 Å². The predicted molar refractivity (Wildman–Crippen MR) is 76.6 cm³/mol. The van der Waals surface area contributed by atoms with Crippen molar-refractivity contribution < 1.29 is 9.59 Å². The molecule has 0 radical (unpaired) electrons.